The highest BCUT2D eigenvalue weighted by Gasteiger charge is 2.28. The lowest BCUT2D eigenvalue weighted by atomic mass is 10.1. The summed E-state index contributed by atoms with van der Waals surface area (Å²) >= 11 is 0. The Morgan fingerprint density at radius 1 is 0.152 bits per heavy atom. The van der Waals surface area contributed by atoms with Crippen molar-refractivity contribution in [3.8, 4) is 0 Å². The molecule has 0 amide bonds. The van der Waals surface area contributed by atoms with E-state index in [1.54, 1.807) is 0 Å². The second kappa shape index (κ2) is 72.5. The smallest absolute Gasteiger partial charge is 0.0531 e. The van der Waals surface area contributed by atoms with E-state index in [1.165, 1.54) is 387 Å². The second-order valence-corrected chi connectivity index (χ2v) is 35.9. The minimum Gasteiger partial charge on any atom is -0.297 e. The van der Waals surface area contributed by atoms with Gasteiger partial charge < -0.3 is 0 Å². The molecule has 0 aliphatic carbocycles. The molecule has 0 N–H and O–H groups in total. The zero-order valence-electron chi connectivity index (χ0n) is 75.6. The first kappa shape index (κ1) is 103. The van der Waals surface area contributed by atoms with Gasteiger partial charge in [-0.05, 0) is 122 Å². The van der Waals surface area contributed by atoms with Crippen LogP contribution in [0.25, 0.3) is 0 Å². The minimum absolute atomic E-state index is 0.596. The van der Waals surface area contributed by atoms with Crippen molar-refractivity contribution in [3.63, 3.8) is 0 Å². The molecular formula is C93H198N12. The largest absolute Gasteiger partial charge is 0.297 e. The summed E-state index contributed by atoms with van der Waals surface area (Å²) in [5, 5.41) is 0. The van der Waals surface area contributed by atoms with Gasteiger partial charge >= 0.3 is 0 Å². The van der Waals surface area contributed by atoms with Crippen LogP contribution in [0.15, 0.2) is 0 Å². The Balaban J connectivity index is 0.000000801. The van der Waals surface area contributed by atoms with Crippen LogP contribution in [0.2, 0.25) is 0 Å². The van der Waals surface area contributed by atoms with E-state index in [-0.39, 0.29) is 0 Å². The van der Waals surface area contributed by atoms with Gasteiger partial charge in [-0.25, -0.2) is 0 Å². The number of unbranched alkanes of at least 4 members (excludes halogenated alkanes) is 42. The van der Waals surface area contributed by atoms with E-state index in [0.717, 1.165) is 59.3 Å². The fourth-order valence-electron chi connectivity index (χ4n) is 17.1. The SMILES string of the molecule is CC(C)N(CCN1CN(CCN(C(C)C)C(C)C)CN(CCN(C(C)C)C(C)C)C1)C(C)C.CCCCCCCCCCCCN1CN(CCCCCCCCCCCC)CN(CCCCCCCCCCCC)C1.CCCCCCCCN1CN(CCCCCCCC)CN(CCCCCCCC)C1. The van der Waals surface area contributed by atoms with Gasteiger partial charge in [-0.2, -0.15) is 0 Å². The average molecular weight is 1480 g/mol. The Bertz CT molecular complexity index is 1510. The van der Waals surface area contributed by atoms with Crippen LogP contribution in [0.1, 0.15) is 433 Å². The lowest BCUT2D eigenvalue weighted by Gasteiger charge is -2.45. The van der Waals surface area contributed by atoms with Gasteiger partial charge in [0.2, 0.25) is 0 Å². The van der Waals surface area contributed by atoms with Crippen LogP contribution >= 0.6 is 0 Å². The Hall–Kier alpha value is -0.480. The molecule has 12 heteroatoms. The average Bonchev–Trinajstić information content (AvgIpc) is 0.878. The summed E-state index contributed by atoms with van der Waals surface area (Å²) in [6.07, 6.45) is 68.5. The third-order valence-electron chi connectivity index (χ3n) is 23.6. The molecule has 0 saturated carbocycles. The Morgan fingerprint density at radius 3 is 0.371 bits per heavy atom. The van der Waals surface area contributed by atoms with Gasteiger partial charge in [0.15, 0.2) is 0 Å². The van der Waals surface area contributed by atoms with Gasteiger partial charge in [-0.1, -0.05) is 311 Å². The van der Waals surface area contributed by atoms with Crippen molar-refractivity contribution in [2.24, 2.45) is 0 Å². The predicted octanol–water partition coefficient (Wildman–Crippen LogP) is 24.5. The molecule has 3 aliphatic heterocycles. The van der Waals surface area contributed by atoms with Crippen LogP contribution in [0, 0.1) is 0 Å². The van der Waals surface area contributed by atoms with Crippen molar-refractivity contribution in [3.05, 3.63) is 0 Å². The topological polar surface area (TPSA) is 38.9 Å². The van der Waals surface area contributed by atoms with Crippen LogP contribution in [-0.2, 0) is 0 Å². The highest BCUT2D eigenvalue weighted by Crippen LogP contribution is 2.21. The first-order valence-corrected chi connectivity index (χ1v) is 47.7. The Morgan fingerprint density at radius 2 is 0.257 bits per heavy atom. The lowest BCUT2D eigenvalue weighted by Crippen LogP contribution is -2.59. The summed E-state index contributed by atoms with van der Waals surface area (Å²) in [5.41, 5.74) is 0. The molecule has 0 radical (unpaired) electrons. The van der Waals surface area contributed by atoms with Gasteiger partial charge in [-0.3, -0.25) is 58.8 Å². The van der Waals surface area contributed by atoms with Crippen molar-refractivity contribution in [2.45, 2.75) is 469 Å². The van der Waals surface area contributed by atoms with E-state index in [1.807, 2.05) is 0 Å². The van der Waals surface area contributed by atoms with E-state index in [4.69, 9.17) is 0 Å². The monoisotopic (exact) mass is 1480 g/mol. The maximum atomic E-state index is 2.78. The standard InChI is InChI=1S/C39H81N3.C27H60N6.C27H57N3/c1-4-7-10-13-16-19-22-25-28-31-34-40-37-41(35-32-29-26-23-20-17-14-11-8-5-2)39-42(38-40)36-33-30-27-24-21-18-15-12-9-6-3;1-22(2)31(23(3)4)16-13-28-19-29(14-17-32(24(5)6)25(7)8)21-30(20-28)15-18-33(26(9)10)27(11)12;1-4-7-10-13-16-19-22-28-25-29(23-20-17-14-11-8-5-2)27-30(26-28)24-21-18-15-12-9-6-3/h4-39H2,1-3H3;22-27H,13-21H2,1-12H3;4-27H2,1-3H3. The summed E-state index contributed by atoms with van der Waals surface area (Å²) in [6.45, 7) is 67.0. The van der Waals surface area contributed by atoms with E-state index >= 15 is 0 Å². The molecule has 630 valence electrons. The Kier molecular flexibility index (Phi) is 70.8. The fourth-order valence-corrected chi connectivity index (χ4v) is 17.1. The summed E-state index contributed by atoms with van der Waals surface area (Å²) in [7, 11) is 0. The molecule has 0 bridgehead atoms. The molecule has 12 nitrogen and oxygen atoms in total. The molecule has 3 fully saturated rings. The summed E-state index contributed by atoms with van der Waals surface area (Å²) in [5.74, 6) is 0. The number of hydrogen-bond donors (Lipinski definition) is 0. The minimum atomic E-state index is 0.596. The molecule has 0 spiro atoms. The Labute approximate surface area is 662 Å². The molecule has 3 aliphatic rings. The molecule has 3 heterocycles. The molecule has 0 aromatic heterocycles. The summed E-state index contributed by atoms with van der Waals surface area (Å²) in [4.78, 5) is 32.4. The lowest BCUT2D eigenvalue weighted by molar-refractivity contribution is -0.0442. The van der Waals surface area contributed by atoms with Crippen LogP contribution in [0.3, 0.4) is 0 Å². The van der Waals surface area contributed by atoms with Gasteiger partial charge in [0.1, 0.15) is 0 Å². The van der Waals surface area contributed by atoms with Gasteiger partial charge in [0.05, 0.1) is 60.0 Å². The number of hydrogen-bond acceptors (Lipinski definition) is 12. The van der Waals surface area contributed by atoms with E-state index in [0.29, 0.717) is 36.3 Å². The van der Waals surface area contributed by atoms with Crippen molar-refractivity contribution in [2.75, 3.05) is 139 Å². The maximum absolute atomic E-state index is 2.78. The highest BCUT2D eigenvalue weighted by molar-refractivity contribution is 4.79. The van der Waals surface area contributed by atoms with Crippen molar-refractivity contribution >= 4 is 0 Å². The molecule has 0 aromatic rings. The molecule has 0 unspecified atom stereocenters. The fraction of sp³-hybridized carbons (Fsp3) is 1.00. The summed E-state index contributed by atoms with van der Waals surface area (Å²) < 4.78 is 0. The van der Waals surface area contributed by atoms with Gasteiger partial charge in [-0.15, -0.1) is 0 Å². The van der Waals surface area contributed by atoms with Crippen molar-refractivity contribution in [1.29, 1.82) is 0 Å². The third-order valence-corrected chi connectivity index (χ3v) is 23.6. The van der Waals surface area contributed by atoms with Crippen LogP contribution < -0.4 is 0 Å². The van der Waals surface area contributed by atoms with E-state index in [9.17, 15) is 0 Å². The predicted molar refractivity (Wildman–Crippen MR) is 471 cm³/mol. The normalized spacial score (nSPS) is 16.4. The number of nitrogens with zero attached hydrogens (tertiary/aromatic N) is 12. The first-order chi connectivity index (χ1) is 50.9. The quantitative estimate of drug-likeness (QED) is 0.0545. The van der Waals surface area contributed by atoms with Crippen LogP contribution in [0.4, 0.5) is 0 Å². The summed E-state index contributed by atoms with van der Waals surface area (Å²) in [6, 6.07) is 3.57. The first-order valence-electron chi connectivity index (χ1n) is 47.7. The van der Waals surface area contributed by atoms with Crippen LogP contribution in [0.5, 0.6) is 0 Å². The van der Waals surface area contributed by atoms with E-state index in [2.05, 4.69) is 183 Å². The van der Waals surface area contributed by atoms with Crippen LogP contribution in [-0.4, -0.2) is 234 Å². The van der Waals surface area contributed by atoms with E-state index < -0.39 is 0 Å². The number of rotatable bonds is 69. The zero-order valence-corrected chi connectivity index (χ0v) is 75.6. The molecule has 0 aromatic carbocycles. The molecular weight excluding hydrogens is 1290 g/mol. The maximum Gasteiger partial charge on any atom is 0.0531 e. The molecule has 3 saturated heterocycles. The zero-order chi connectivity index (χ0) is 77.2. The highest BCUT2D eigenvalue weighted by atomic mass is 15.5. The molecule has 3 rings (SSSR count). The van der Waals surface area contributed by atoms with Gasteiger partial charge in [0.25, 0.3) is 0 Å². The molecule has 105 heavy (non-hydrogen) atoms. The third kappa shape index (κ3) is 59.0. The van der Waals surface area contributed by atoms with Crippen molar-refractivity contribution < 1.29 is 0 Å². The van der Waals surface area contributed by atoms with Gasteiger partial charge in [0, 0.05) is 115 Å². The van der Waals surface area contributed by atoms with Crippen molar-refractivity contribution in [1.82, 2.24) is 58.8 Å². The molecule has 0 atom stereocenters. The second-order valence-electron chi connectivity index (χ2n) is 35.9.